The topological polar surface area (TPSA) is 64.6 Å². The Kier molecular flexibility index (Phi) is 6.62. The number of likely N-dealkylation sites (tertiary alicyclic amines) is 1. The number of nitrogens with zero attached hydrogens (tertiary/aromatic N) is 3. The summed E-state index contributed by atoms with van der Waals surface area (Å²) in [5, 5.41) is 7.87. The first-order valence-electron chi connectivity index (χ1n) is 8.51. The van der Waals surface area contributed by atoms with Crippen LogP contribution in [0.1, 0.15) is 46.0 Å². The molecule has 0 spiro atoms. The Morgan fingerprint density at radius 2 is 1.91 bits per heavy atom. The summed E-state index contributed by atoms with van der Waals surface area (Å²) in [6, 6.07) is 3.46. The molecule has 0 aromatic carbocycles. The fourth-order valence-corrected chi connectivity index (χ4v) is 3.02. The van der Waals surface area contributed by atoms with E-state index in [9.17, 15) is 4.79 Å². The average Bonchev–Trinajstić information content (AvgIpc) is 3.03. The number of carbonyl (C=O) groups excluding carboxylic acids is 1. The smallest absolute Gasteiger partial charge is 0.233 e. The summed E-state index contributed by atoms with van der Waals surface area (Å²) in [5.41, 5.74) is 0. The van der Waals surface area contributed by atoms with Crippen LogP contribution in [0.25, 0.3) is 0 Å². The minimum atomic E-state index is -0.00875. The van der Waals surface area contributed by atoms with Crippen LogP contribution in [0.15, 0.2) is 12.1 Å². The van der Waals surface area contributed by atoms with Crippen molar-refractivity contribution < 1.29 is 14.3 Å². The van der Waals surface area contributed by atoms with Gasteiger partial charge in [0.05, 0.1) is 13.7 Å². The van der Waals surface area contributed by atoms with Crippen molar-refractivity contribution >= 4 is 5.91 Å². The largest absolute Gasteiger partial charge is 0.480 e. The minimum Gasteiger partial charge on any atom is -0.480 e. The number of amides is 1. The fourth-order valence-electron chi connectivity index (χ4n) is 3.02. The van der Waals surface area contributed by atoms with Crippen LogP contribution >= 0.6 is 0 Å². The van der Waals surface area contributed by atoms with E-state index in [1.807, 2.05) is 4.90 Å². The minimum absolute atomic E-state index is 0.00875. The third kappa shape index (κ3) is 4.81. The van der Waals surface area contributed by atoms with Gasteiger partial charge in [-0.15, -0.1) is 10.2 Å². The summed E-state index contributed by atoms with van der Waals surface area (Å²) in [7, 11) is 1.55. The van der Waals surface area contributed by atoms with E-state index in [4.69, 9.17) is 9.47 Å². The van der Waals surface area contributed by atoms with Crippen LogP contribution in [-0.2, 0) is 4.79 Å². The highest BCUT2D eigenvalue weighted by Crippen LogP contribution is 2.22. The number of hydrogen-bond acceptors (Lipinski definition) is 5. The molecule has 6 nitrogen and oxygen atoms in total. The van der Waals surface area contributed by atoms with E-state index in [0.717, 1.165) is 38.6 Å². The zero-order valence-electron chi connectivity index (χ0n) is 14.3. The van der Waals surface area contributed by atoms with Crippen molar-refractivity contribution in [3.63, 3.8) is 0 Å². The van der Waals surface area contributed by atoms with Crippen LogP contribution in [0.3, 0.4) is 0 Å². The highest BCUT2D eigenvalue weighted by Gasteiger charge is 2.31. The molecule has 1 atom stereocenters. The van der Waals surface area contributed by atoms with E-state index < -0.39 is 0 Å². The zero-order chi connectivity index (χ0) is 16.7. The summed E-state index contributed by atoms with van der Waals surface area (Å²) in [6.07, 6.45) is 4.87. The molecule has 1 aromatic rings. The average molecular weight is 321 g/mol. The highest BCUT2D eigenvalue weighted by molar-refractivity contribution is 5.79. The number of aromatic nitrogens is 2. The first-order chi connectivity index (χ1) is 11.2. The molecule has 0 N–H and O–H groups in total. The molecule has 1 saturated heterocycles. The van der Waals surface area contributed by atoms with Crippen molar-refractivity contribution in [3.8, 4) is 11.8 Å². The highest BCUT2D eigenvalue weighted by atomic mass is 16.5. The van der Waals surface area contributed by atoms with Crippen LogP contribution in [0.5, 0.6) is 11.8 Å². The molecule has 2 rings (SSSR count). The Labute approximate surface area is 138 Å². The van der Waals surface area contributed by atoms with E-state index in [1.54, 1.807) is 19.2 Å². The number of ether oxygens (including phenoxy) is 2. The predicted octanol–water partition coefficient (Wildman–Crippen LogP) is 2.68. The second-order valence-corrected chi connectivity index (χ2v) is 6.00. The maximum Gasteiger partial charge on any atom is 0.233 e. The third-order valence-corrected chi connectivity index (χ3v) is 4.19. The van der Waals surface area contributed by atoms with Gasteiger partial charge in [-0.1, -0.05) is 26.7 Å². The van der Waals surface area contributed by atoms with Gasteiger partial charge in [0.2, 0.25) is 17.7 Å². The Balaban J connectivity index is 1.87. The van der Waals surface area contributed by atoms with Gasteiger partial charge in [0.1, 0.15) is 6.10 Å². The summed E-state index contributed by atoms with van der Waals surface area (Å²) < 4.78 is 10.8. The molecular weight excluding hydrogens is 294 g/mol. The van der Waals surface area contributed by atoms with Gasteiger partial charge in [0.25, 0.3) is 0 Å². The maximum absolute atomic E-state index is 12.6. The number of methoxy groups -OCH3 is 1. The second-order valence-electron chi connectivity index (χ2n) is 6.00. The Morgan fingerprint density at radius 1 is 1.26 bits per heavy atom. The predicted molar refractivity (Wildman–Crippen MR) is 87.5 cm³/mol. The monoisotopic (exact) mass is 321 g/mol. The van der Waals surface area contributed by atoms with Crippen molar-refractivity contribution in [1.82, 2.24) is 15.1 Å². The second kappa shape index (κ2) is 8.70. The van der Waals surface area contributed by atoms with E-state index in [2.05, 4.69) is 24.0 Å². The van der Waals surface area contributed by atoms with Crippen LogP contribution in [0, 0.1) is 5.92 Å². The fraction of sp³-hybridized carbons (Fsp3) is 0.706. The van der Waals surface area contributed by atoms with Crippen LogP contribution in [0.2, 0.25) is 0 Å². The van der Waals surface area contributed by atoms with Crippen LogP contribution in [0.4, 0.5) is 0 Å². The van der Waals surface area contributed by atoms with Crippen LogP contribution < -0.4 is 9.47 Å². The Bertz CT molecular complexity index is 486. The number of carbonyl (C=O) groups is 1. The van der Waals surface area contributed by atoms with Crippen molar-refractivity contribution in [1.29, 1.82) is 0 Å². The van der Waals surface area contributed by atoms with Gasteiger partial charge in [-0.2, -0.15) is 0 Å². The SMILES string of the molecule is CCCC(CCC)C(=O)N1CCC(Oc2ccc(OC)nn2)C1. The van der Waals surface area contributed by atoms with Gasteiger partial charge in [0, 0.05) is 31.0 Å². The first-order valence-corrected chi connectivity index (χ1v) is 8.51. The van der Waals surface area contributed by atoms with Gasteiger partial charge in [-0.05, 0) is 12.8 Å². The van der Waals surface area contributed by atoms with E-state index >= 15 is 0 Å². The molecule has 1 unspecified atom stereocenters. The number of hydrogen-bond donors (Lipinski definition) is 0. The van der Waals surface area contributed by atoms with Crippen molar-refractivity contribution in [3.05, 3.63) is 12.1 Å². The first kappa shape index (κ1) is 17.5. The lowest BCUT2D eigenvalue weighted by Crippen LogP contribution is -2.35. The summed E-state index contributed by atoms with van der Waals surface area (Å²) in [4.78, 5) is 14.6. The van der Waals surface area contributed by atoms with Crippen molar-refractivity contribution in [2.24, 2.45) is 5.92 Å². The molecular formula is C17H27N3O3. The molecule has 1 amide bonds. The molecule has 0 aliphatic carbocycles. The zero-order valence-corrected chi connectivity index (χ0v) is 14.3. The summed E-state index contributed by atoms with van der Waals surface area (Å²) >= 11 is 0. The van der Waals surface area contributed by atoms with E-state index in [-0.39, 0.29) is 17.9 Å². The molecule has 1 fully saturated rings. The lowest BCUT2D eigenvalue weighted by Gasteiger charge is -2.23. The quantitative estimate of drug-likeness (QED) is 0.736. The molecule has 6 heteroatoms. The molecule has 1 aliphatic heterocycles. The Hall–Kier alpha value is -1.85. The van der Waals surface area contributed by atoms with Crippen molar-refractivity contribution in [2.75, 3.05) is 20.2 Å². The molecule has 0 saturated carbocycles. The van der Waals surface area contributed by atoms with Gasteiger partial charge >= 0.3 is 0 Å². The summed E-state index contributed by atoms with van der Waals surface area (Å²) in [6.45, 7) is 5.66. The molecule has 128 valence electrons. The lowest BCUT2D eigenvalue weighted by atomic mass is 9.97. The normalized spacial score (nSPS) is 17.6. The van der Waals surface area contributed by atoms with Crippen molar-refractivity contribution in [2.45, 2.75) is 52.1 Å². The maximum atomic E-state index is 12.6. The molecule has 1 aromatic heterocycles. The van der Waals surface area contributed by atoms with Gasteiger partial charge < -0.3 is 14.4 Å². The molecule has 23 heavy (non-hydrogen) atoms. The standard InChI is InChI=1S/C17H27N3O3/c1-4-6-13(7-5-2)17(21)20-11-10-14(12-20)23-16-9-8-15(22-3)18-19-16/h8-9,13-14H,4-7,10-12H2,1-3H3. The lowest BCUT2D eigenvalue weighted by molar-refractivity contribution is -0.135. The van der Waals surface area contributed by atoms with Gasteiger partial charge in [0.15, 0.2) is 0 Å². The summed E-state index contributed by atoms with van der Waals surface area (Å²) in [5.74, 6) is 1.37. The molecule has 0 radical (unpaired) electrons. The molecule has 1 aliphatic rings. The number of rotatable bonds is 8. The Morgan fingerprint density at radius 3 is 2.48 bits per heavy atom. The van der Waals surface area contributed by atoms with Gasteiger partial charge in [-0.3, -0.25) is 4.79 Å². The van der Waals surface area contributed by atoms with Crippen LogP contribution in [-0.4, -0.2) is 47.3 Å². The van der Waals surface area contributed by atoms with Gasteiger partial charge in [-0.25, -0.2) is 0 Å². The molecule has 2 heterocycles. The third-order valence-electron chi connectivity index (χ3n) is 4.19. The van der Waals surface area contributed by atoms with E-state index in [0.29, 0.717) is 18.3 Å². The molecule has 0 bridgehead atoms. The van der Waals surface area contributed by atoms with E-state index in [1.165, 1.54) is 0 Å².